The lowest BCUT2D eigenvalue weighted by Gasteiger charge is -2.40. The summed E-state index contributed by atoms with van der Waals surface area (Å²) in [5.41, 5.74) is 4.15. The van der Waals surface area contributed by atoms with E-state index in [2.05, 4.69) is 27.0 Å². The number of halogens is 1. The van der Waals surface area contributed by atoms with E-state index in [1.54, 1.807) is 12.4 Å². The molecule has 3 atom stereocenters. The first-order valence-electron chi connectivity index (χ1n) is 10.7. The van der Waals surface area contributed by atoms with Gasteiger partial charge in [0.25, 0.3) is 0 Å². The van der Waals surface area contributed by atoms with Crippen LogP contribution in [0.3, 0.4) is 0 Å². The summed E-state index contributed by atoms with van der Waals surface area (Å²) in [6.07, 6.45) is 7.82. The van der Waals surface area contributed by atoms with Gasteiger partial charge in [0.15, 0.2) is 0 Å². The van der Waals surface area contributed by atoms with Crippen LogP contribution in [0, 0.1) is 5.92 Å². The van der Waals surface area contributed by atoms with E-state index in [9.17, 15) is 5.11 Å². The minimum Gasteiger partial charge on any atom is -0.385 e. The van der Waals surface area contributed by atoms with Crippen LogP contribution in [0.15, 0.2) is 42.7 Å². The fraction of sp³-hybridized carbons (Fsp3) is 0.458. The molecule has 29 heavy (non-hydrogen) atoms. The Morgan fingerprint density at radius 3 is 2.86 bits per heavy atom. The highest BCUT2D eigenvalue weighted by atomic mass is 35.5. The van der Waals surface area contributed by atoms with Gasteiger partial charge in [-0.1, -0.05) is 18.0 Å². The van der Waals surface area contributed by atoms with Gasteiger partial charge in [-0.2, -0.15) is 0 Å². The molecule has 0 saturated carbocycles. The molecule has 5 rings (SSSR count). The van der Waals surface area contributed by atoms with Gasteiger partial charge in [-0.05, 0) is 74.2 Å². The predicted molar refractivity (Wildman–Crippen MR) is 117 cm³/mol. The van der Waals surface area contributed by atoms with E-state index >= 15 is 0 Å². The van der Waals surface area contributed by atoms with Gasteiger partial charge in [0, 0.05) is 58.9 Å². The van der Waals surface area contributed by atoms with Gasteiger partial charge in [0.1, 0.15) is 0 Å². The highest BCUT2D eigenvalue weighted by molar-refractivity contribution is 6.31. The SMILES string of the molecule is CC(O)(c1ccncc1)C1CCCCn2c3c(c4cc(Cl)ccc42)CCNCC31. The molecule has 0 bridgehead atoms. The molecular formula is C24H28ClN3O. The minimum atomic E-state index is -0.910. The normalized spacial score (nSPS) is 24.2. The summed E-state index contributed by atoms with van der Waals surface area (Å²) in [4.78, 5) is 4.15. The molecule has 2 N–H and O–H groups in total. The first-order valence-corrected chi connectivity index (χ1v) is 11.1. The summed E-state index contributed by atoms with van der Waals surface area (Å²) >= 11 is 6.38. The van der Waals surface area contributed by atoms with Crippen molar-refractivity contribution >= 4 is 22.5 Å². The average Bonchev–Trinajstić information content (AvgIpc) is 2.85. The highest BCUT2D eigenvalue weighted by Gasteiger charge is 2.42. The van der Waals surface area contributed by atoms with E-state index in [4.69, 9.17) is 11.6 Å². The number of aryl methyl sites for hydroxylation is 1. The Morgan fingerprint density at radius 1 is 1.21 bits per heavy atom. The minimum absolute atomic E-state index is 0.132. The maximum Gasteiger partial charge on any atom is 0.0904 e. The highest BCUT2D eigenvalue weighted by Crippen LogP contribution is 2.46. The largest absolute Gasteiger partial charge is 0.385 e. The lowest BCUT2D eigenvalue weighted by molar-refractivity contribution is -0.0251. The summed E-state index contributed by atoms with van der Waals surface area (Å²) in [6, 6.07) is 10.2. The fourth-order valence-electron chi connectivity index (χ4n) is 5.66. The second-order valence-electron chi connectivity index (χ2n) is 8.72. The van der Waals surface area contributed by atoms with Gasteiger partial charge in [-0.15, -0.1) is 0 Å². The van der Waals surface area contributed by atoms with Crippen LogP contribution in [0.5, 0.6) is 0 Å². The molecule has 2 aliphatic rings. The number of nitrogens with one attached hydrogen (secondary N) is 1. The quantitative estimate of drug-likeness (QED) is 0.648. The topological polar surface area (TPSA) is 50.1 Å². The Kier molecular flexibility index (Phi) is 4.89. The summed E-state index contributed by atoms with van der Waals surface area (Å²) in [5, 5.41) is 17.5. The van der Waals surface area contributed by atoms with Crippen molar-refractivity contribution in [3.63, 3.8) is 0 Å². The Labute approximate surface area is 176 Å². The van der Waals surface area contributed by atoms with Gasteiger partial charge >= 0.3 is 0 Å². The number of aliphatic hydroxyl groups is 1. The number of hydrogen-bond donors (Lipinski definition) is 2. The van der Waals surface area contributed by atoms with Crippen molar-refractivity contribution in [2.45, 2.75) is 50.7 Å². The van der Waals surface area contributed by atoms with Crippen LogP contribution in [0.2, 0.25) is 5.02 Å². The Bertz CT molecular complexity index is 1030. The van der Waals surface area contributed by atoms with Gasteiger partial charge in [0.2, 0.25) is 0 Å². The molecular weight excluding hydrogens is 382 g/mol. The molecule has 4 heterocycles. The maximum absolute atomic E-state index is 11.8. The third-order valence-electron chi connectivity index (χ3n) is 7.06. The summed E-state index contributed by atoms with van der Waals surface area (Å²) < 4.78 is 2.52. The number of fused-ring (bicyclic) bond motifs is 3. The summed E-state index contributed by atoms with van der Waals surface area (Å²) in [6.45, 7) is 4.87. The van der Waals surface area contributed by atoms with E-state index in [1.165, 1.54) is 22.2 Å². The van der Waals surface area contributed by atoms with E-state index in [1.807, 2.05) is 25.1 Å². The maximum atomic E-state index is 11.8. The molecule has 1 aromatic carbocycles. The third-order valence-corrected chi connectivity index (χ3v) is 7.30. The molecule has 0 aliphatic carbocycles. The number of nitrogens with zero attached hydrogens (tertiary/aromatic N) is 2. The zero-order valence-corrected chi connectivity index (χ0v) is 17.6. The molecule has 0 saturated heterocycles. The average molecular weight is 410 g/mol. The molecule has 0 fully saturated rings. The zero-order chi connectivity index (χ0) is 20.0. The van der Waals surface area contributed by atoms with Crippen molar-refractivity contribution in [3.05, 3.63) is 64.6 Å². The Hall–Kier alpha value is -1.88. The van der Waals surface area contributed by atoms with Crippen LogP contribution in [0.25, 0.3) is 10.9 Å². The molecule has 0 amide bonds. The second-order valence-corrected chi connectivity index (χ2v) is 9.16. The number of hydrogen-bond acceptors (Lipinski definition) is 3. The second kappa shape index (κ2) is 7.42. The molecule has 0 spiro atoms. The van der Waals surface area contributed by atoms with E-state index in [0.717, 1.165) is 55.9 Å². The van der Waals surface area contributed by atoms with Crippen molar-refractivity contribution in [2.24, 2.45) is 5.92 Å². The first-order chi connectivity index (χ1) is 14.1. The van der Waals surface area contributed by atoms with Crippen LogP contribution < -0.4 is 5.32 Å². The molecule has 152 valence electrons. The molecule has 0 radical (unpaired) electrons. The van der Waals surface area contributed by atoms with E-state index in [0.29, 0.717) is 0 Å². The third kappa shape index (κ3) is 3.18. The van der Waals surface area contributed by atoms with E-state index < -0.39 is 5.60 Å². The van der Waals surface area contributed by atoms with E-state index in [-0.39, 0.29) is 11.8 Å². The zero-order valence-electron chi connectivity index (χ0n) is 16.9. The number of rotatable bonds is 2. The smallest absolute Gasteiger partial charge is 0.0904 e. The van der Waals surface area contributed by atoms with Crippen molar-refractivity contribution in [2.75, 3.05) is 13.1 Å². The standard InChI is InChI=1S/C24H28ClN3O/c1-24(29,16-7-10-26-11-8-16)21-4-2-3-13-28-22-6-5-17(25)14-19(22)18-9-12-27-15-20(21)23(18)28/h5-8,10-11,14,20-21,27,29H,2-4,9,12-13,15H2,1H3. The van der Waals surface area contributed by atoms with Crippen LogP contribution in [-0.4, -0.2) is 27.7 Å². The molecule has 3 unspecified atom stereocenters. The summed E-state index contributed by atoms with van der Waals surface area (Å²) in [7, 11) is 0. The van der Waals surface area contributed by atoms with Crippen LogP contribution in [0.1, 0.15) is 48.9 Å². The number of benzene rings is 1. The van der Waals surface area contributed by atoms with Crippen LogP contribution in [0.4, 0.5) is 0 Å². The Morgan fingerprint density at radius 2 is 2.03 bits per heavy atom. The van der Waals surface area contributed by atoms with Crippen LogP contribution >= 0.6 is 11.6 Å². The van der Waals surface area contributed by atoms with Gasteiger partial charge < -0.3 is 15.0 Å². The monoisotopic (exact) mass is 409 g/mol. The van der Waals surface area contributed by atoms with Gasteiger partial charge in [0.05, 0.1) is 5.60 Å². The lowest BCUT2D eigenvalue weighted by Crippen LogP contribution is -2.40. The first kappa shape index (κ1) is 19.1. The number of aromatic nitrogens is 2. The predicted octanol–water partition coefficient (Wildman–Crippen LogP) is 4.63. The molecule has 3 aromatic rings. The molecule has 5 heteroatoms. The Balaban J connectivity index is 1.71. The molecule has 4 nitrogen and oxygen atoms in total. The lowest BCUT2D eigenvalue weighted by atomic mass is 9.70. The number of pyridine rings is 1. The molecule has 2 aromatic heterocycles. The fourth-order valence-corrected chi connectivity index (χ4v) is 5.83. The molecule has 2 aliphatic heterocycles. The van der Waals surface area contributed by atoms with Crippen molar-refractivity contribution < 1.29 is 5.11 Å². The van der Waals surface area contributed by atoms with Crippen molar-refractivity contribution in [1.29, 1.82) is 0 Å². The van der Waals surface area contributed by atoms with Gasteiger partial charge in [-0.25, -0.2) is 0 Å². The van der Waals surface area contributed by atoms with Crippen molar-refractivity contribution in [1.82, 2.24) is 14.9 Å². The summed E-state index contributed by atoms with van der Waals surface area (Å²) in [5.74, 6) is 0.384. The van der Waals surface area contributed by atoms with Crippen molar-refractivity contribution in [3.8, 4) is 0 Å². The van der Waals surface area contributed by atoms with Crippen LogP contribution in [-0.2, 0) is 18.6 Å². The van der Waals surface area contributed by atoms with Gasteiger partial charge in [-0.3, -0.25) is 4.98 Å².